The number of ether oxygens (including phenoxy) is 1. The van der Waals surface area contributed by atoms with Crippen molar-refractivity contribution >= 4 is 6.03 Å². The Labute approximate surface area is 143 Å². The first kappa shape index (κ1) is 16.4. The van der Waals surface area contributed by atoms with Gasteiger partial charge in [0.2, 0.25) is 0 Å². The van der Waals surface area contributed by atoms with Crippen LogP contribution in [0.3, 0.4) is 0 Å². The quantitative estimate of drug-likeness (QED) is 0.854. The Hall–Kier alpha value is -2.49. The molecule has 126 valence electrons. The lowest BCUT2D eigenvalue weighted by molar-refractivity contribution is 0.239. The Kier molecular flexibility index (Phi) is 4.74. The van der Waals surface area contributed by atoms with Gasteiger partial charge in [-0.25, -0.2) is 4.79 Å². The highest BCUT2D eigenvalue weighted by atomic mass is 16.5. The lowest BCUT2D eigenvalue weighted by Crippen LogP contribution is -2.39. The van der Waals surface area contributed by atoms with E-state index >= 15 is 0 Å². The van der Waals surface area contributed by atoms with E-state index < -0.39 is 0 Å². The molecule has 1 aliphatic carbocycles. The zero-order chi connectivity index (χ0) is 17.0. The minimum Gasteiger partial charge on any atom is -0.497 e. The molecule has 24 heavy (non-hydrogen) atoms. The van der Waals surface area contributed by atoms with Gasteiger partial charge in [-0.2, -0.15) is 0 Å². The largest absolute Gasteiger partial charge is 0.497 e. The van der Waals surface area contributed by atoms with E-state index in [1.165, 1.54) is 11.1 Å². The van der Waals surface area contributed by atoms with Crippen LogP contribution in [0.15, 0.2) is 48.5 Å². The van der Waals surface area contributed by atoms with Gasteiger partial charge in [0.05, 0.1) is 7.11 Å². The first-order chi connectivity index (χ1) is 11.6. The van der Waals surface area contributed by atoms with E-state index in [0.717, 1.165) is 24.2 Å². The standard InChI is InChI=1S/C20H24N2O2/c1-15-5-3-4-6-16(15)13-21-19(23)22-14-20(11-12-20)17-7-9-18(24-2)10-8-17/h3-10H,11-14H2,1-2H3,(H2,21,22,23). The van der Waals surface area contributed by atoms with Crippen LogP contribution < -0.4 is 15.4 Å². The average Bonchev–Trinajstić information content (AvgIpc) is 3.40. The number of methoxy groups -OCH3 is 1. The summed E-state index contributed by atoms with van der Waals surface area (Å²) in [6, 6.07) is 16.1. The second-order valence-corrected chi connectivity index (χ2v) is 6.47. The molecule has 1 aliphatic rings. The highest BCUT2D eigenvalue weighted by Crippen LogP contribution is 2.47. The molecule has 1 fully saturated rings. The molecule has 3 rings (SSSR count). The van der Waals surface area contributed by atoms with Crippen molar-refractivity contribution in [1.29, 1.82) is 0 Å². The normalized spacial score (nSPS) is 14.8. The van der Waals surface area contributed by atoms with Crippen molar-refractivity contribution in [3.8, 4) is 5.75 Å². The van der Waals surface area contributed by atoms with Gasteiger partial charge in [0.1, 0.15) is 5.75 Å². The molecule has 0 bridgehead atoms. The van der Waals surface area contributed by atoms with E-state index in [4.69, 9.17) is 4.74 Å². The zero-order valence-electron chi connectivity index (χ0n) is 14.3. The van der Waals surface area contributed by atoms with Gasteiger partial charge < -0.3 is 15.4 Å². The van der Waals surface area contributed by atoms with Crippen molar-refractivity contribution in [2.45, 2.75) is 31.7 Å². The zero-order valence-corrected chi connectivity index (χ0v) is 14.3. The van der Waals surface area contributed by atoms with Gasteiger partial charge in [-0.3, -0.25) is 0 Å². The third-order valence-electron chi connectivity index (χ3n) is 4.84. The first-order valence-electron chi connectivity index (χ1n) is 8.34. The summed E-state index contributed by atoms with van der Waals surface area (Å²) in [4.78, 5) is 12.1. The van der Waals surface area contributed by atoms with Gasteiger partial charge in [-0.15, -0.1) is 0 Å². The van der Waals surface area contributed by atoms with Crippen molar-refractivity contribution in [2.24, 2.45) is 0 Å². The van der Waals surface area contributed by atoms with Gasteiger partial charge in [-0.1, -0.05) is 36.4 Å². The van der Waals surface area contributed by atoms with Crippen molar-refractivity contribution in [3.05, 3.63) is 65.2 Å². The van der Waals surface area contributed by atoms with Crippen LogP contribution in [-0.2, 0) is 12.0 Å². The molecule has 0 heterocycles. The van der Waals surface area contributed by atoms with E-state index in [0.29, 0.717) is 13.1 Å². The lowest BCUT2D eigenvalue weighted by atomic mass is 9.96. The molecule has 2 aromatic rings. The summed E-state index contributed by atoms with van der Waals surface area (Å²) >= 11 is 0. The Morgan fingerprint density at radius 2 is 1.79 bits per heavy atom. The van der Waals surface area contributed by atoms with Gasteiger partial charge >= 0.3 is 6.03 Å². The SMILES string of the molecule is COc1ccc(C2(CNC(=O)NCc3ccccc3C)CC2)cc1. The molecule has 0 aromatic heterocycles. The number of carbonyl (C=O) groups is 1. The molecule has 4 nitrogen and oxygen atoms in total. The van der Waals surface area contributed by atoms with Crippen LogP contribution in [0.5, 0.6) is 5.75 Å². The Bertz CT molecular complexity index is 706. The summed E-state index contributed by atoms with van der Waals surface area (Å²) in [6.45, 7) is 3.27. The van der Waals surface area contributed by atoms with Crippen LogP contribution in [0.2, 0.25) is 0 Å². The first-order valence-corrected chi connectivity index (χ1v) is 8.34. The molecule has 0 spiro atoms. The molecule has 4 heteroatoms. The second kappa shape index (κ2) is 6.95. The number of carbonyl (C=O) groups excluding carboxylic acids is 1. The highest BCUT2D eigenvalue weighted by molar-refractivity contribution is 5.74. The van der Waals surface area contributed by atoms with Crippen molar-refractivity contribution in [3.63, 3.8) is 0 Å². The third-order valence-corrected chi connectivity index (χ3v) is 4.84. The van der Waals surface area contributed by atoms with E-state index in [1.807, 2.05) is 30.3 Å². The van der Waals surface area contributed by atoms with E-state index in [1.54, 1.807) is 7.11 Å². The van der Waals surface area contributed by atoms with Gasteiger partial charge in [0, 0.05) is 18.5 Å². The number of urea groups is 1. The van der Waals surface area contributed by atoms with Crippen LogP contribution in [0.1, 0.15) is 29.5 Å². The van der Waals surface area contributed by atoms with E-state index in [-0.39, 0.29) is 11.4 Å². The van der Waals surface area contributed by atoms with Crippen LogP contribution in [0.4, 0.5) is 4.79 Å². The smallest absolute Gasteiger partial charge is 0.315 e. The maximum Gasteiger partial charge on any atom is 0.315 e. The fourth-order valence-corrected chi connectivity index (χ4v) is 2.96. The number of amides is 2. The maximum atomic E-state index is 12.1. The van der Waals surface area contributed by atoms with Gasteiger partial charge in [-0.05, 0) is 48.6 Å². The summed E-state index contributed by atoms with van der Waals surface area (Å²) in [5.74, 6) is 0.860. The monoisotopic (exact) mass is 324 g/mol. The number of nitrogens with one attached hydrogen (secondary N) is 2. The molecule has 2 amide bonds. The molecular weight excluding hydrogens is 300 g/mol. The molecule has 0 aliphatic heterocycles. The van der Waals surface area contributed by atoms with Crippen LogP contribution in [-0.4, -0.2) is 19.7 Å². The highest BCUT2D eigenvalue weighted by Gasteiger charge is 2.44. The number of hydrogen-bond donors (Lipinski definition) is 2. The lowest BCUT2D eigenvalue weighted by Gasteiger charge is -2.17. The fourth-order valence-electron chi connectivity index (χ4n) is 2.96. The predicted octanol–water partition coefficient (Wildman–Crippen LogP) is 3.53. The van der Waals surface area contributed by atoms with E-state index in [2.05, 4.69) is 35.8 Å². The van der Waals surface area contributed by atoms with Gasteiger partial charge in [0.15, 0.2) is 0 Å². The molecule has 0 radical (unpaired) electrons. The minimum absolute atomic E-state index is 0.0896. The Morgan fingerprint density at radius 3 is 2.42 bits per heavy atom. The topological polar surface area (TPSA) is 50.4 Å². The number of hydrogen-bond acceptors (Lipinski definition) is 2. The summed E-state index contributed by atoms with van der Waals surface area (Å²) < 4.78 is 5.20. The Morgan fingerprint density at radius 1 is 1.08 bits per heavy atom. The van der Waals surface area contributed by atoms with Crippen molar-refractivity contribution < 1.29 is 9.53 Å². The minimum atomic E-state index is -0.113. The summed E-state index contributed by atoms with van der Waals surface area (Å²) in [7, 11) is 1.67. The summed E-state index contributed by atoms with van der Waals surface area (Å²) in [6.07, 6.45) is 2.22. The number of benzene rings is 2. The molecule has 0 atom stereocenters. The molecule has 0 saturated heterocycles. The molecule has 0 unspecified atom stereocenters. The van der Waals surface area contributed by atoms with Gasteiger partial charge in [0.25, 0.3) is 0 Å². The van der Waals surface area contributed by atoms with E-state index in [9.17, 15) is 4.79 Å². The molecular formula is C20H24N2O2. The Balaban J connectivity index is 1.51. The number of aryl methyl sites for hydroxylation is 1. The second-order valence-electron chi connectivity index (χ2n) is 6.47. The fraction of sp³-hybridized carbons (Fsp3) is 0.350. The maximum absolute atomic E-state index is 12.1. The van der Waals surface area contributed by atoms with Crippen LogP contribution in [0.25, 0.3) is 0 Å². The summed E-state index contributed by atoms with van der Waals surface area (Å²) in [5.41, 5.74) is 3.69. The summed E-state index contributed by atoms with van der Waals surface area (Å²) in [5, 5.41) is 5.96. The average molecular weight is 324 g/mol. The molecule has 2 aromatic carbocycles. The molecule has 1 saturated carbocycles. The van der Waals surface area contributed by atoms with Crippen LogP contribution in [0, 0.1) is 6.92 Å². The van der Waals surface area contributed by atoms with Crippen molar-refractivity contribution in [1.82, 2.24) is 10.6 Å². The number of rotatable bonds is 6. The third kappa shape index (κ3) is 3.70. The predicted molar refractivity (Wildman–Crippen MR) is 95.3 cm³/mol. The van der Waals surface area contributed by atoms with Crippen LogP contribution >= 0.6 is 0 Å². The van der Waals surface area contributed by atoms with Crippen molar-refractivity contribution in [2.75, 3.05) is 13.7 Å². The molecule has 2 N–H and O–H groups in total.